The minimum Gasteiger partial charge on any atom is -0.497 e. The van der Waals surface area contributed by atoms with Gasteiger partial charge in [0.25, 0.3) is 5.56 Å². The van der Waals surface area contributed by atoms with E-state index >= 15 is 0 Å². The van der Waals surface area contributed by atoms with Crippen molar-refractivity contribution in [2.24, 2.45) is 4.99 Å². The number of hydrogen-bond acceptors (Lipinski definition) is 8. The number of carbonyl (C=O) groups excluding carboxylic acids is 2. The van der Waals surface area contributed by atoms with Crippen LogP contribution in [-0.2, 0) is 14.3 Å². The van der Waals surface area contributed by atoms with E-state index in [9.17, 15) is 14.4 Å². The van der Waals surface area contributed by atoms with Crippen molar-refractivity contribution in [3.8, 4) is 11.5 Å². The lowest BCUT2D eigenvalue weighted by Gasteiger charge is -2.24. The fourth-order valence-corrected chi connectivity index (χ4v) is 4.79. The molecule has 0 N–H and O–H groups in total. The molecule has 0 radical (unpaired) electrons. The number of aromatic nitrogens is 1. The van der Waals surface area contributed by atoms with Crippen LogP contribution in [0, 0.1) is 0 Å². The van der Waals surface area contributed by atoms with E-state index in [-0.39, 0.29) is 5.56 Å². The number of ether oxygens (including phenoxy) is 3. The molecule has 3 aromatic rings. The fraction of sp³-hybridized carbons (Fsp3) is 0.200. The van der Waals surface area contributed by atoms with Crippen LogP contribution >= 0.6 is 11.3 Å². The first-order chi connectivity index (χ1) is 16.3. The molecule has 2 aromatic carbocycles. The lowest BCUT2D eigenvalue weighted by molar-refractivity contribution is -0.136. The Labute approximate surface area is 199 Å². The number of carbonyl (C=O) groups is 2. The van der Waals surface area contributed by atoms with Crippen molar-refractivity contribution in [2.75, 3.05) is 14.2 Å². The van der Waals surface area contributed by atoms with Crippen molar-refractivity contribution < 1.29 is 23.8 Å². The van der Waals surface area contributed by atoms with Gasteiger partial charge in [0.2, 0.25) is 0 Å². The first-order valence-corrected chi connectivity index (χ1v) is 11.2. The molecule has 8 nitrogen and oxygen atoms in total. The fourth-order valence-electron chi connectivity index (χ4n) is 3.74. The van der Waals surface area contributed by atoms with E-state index < -0.39 is 18.0 Å². The summed E-state index contributed by atoms with van der Waals surface area (Å²) in [6, 6.07) is 13.3. The van der Waals surface area contributed by atoms with Crippen molar-refractivity contribution in [3.63, 3.8) is 0 Å². The predicted octanol–water partition coefficient (Wildman–Crippen LogP) is 2.34. The van der Waals surface area contributed by atoms with Crippen LogP contribution in [0.5, 0.6) is 11.5 Å². The van der Waals surface area contributed by atoms with Gasteiger partial charge in [-0.25, -0.2) is 9.79 Å². The van der Waals surface area contributed by atoms with Gasteiger partial charge in [-0.1, -0.05) is 35.6 Å². The quantitative estimate of drug-likeness (QED) is 0.413. The second-order valence-corrected chi connectivity index (χ2v) is 8.52. The lowest BCUT2D eigenvalue weighted by atomic mass is 9.96. The highest BCUT2D eigenvalue weighted by molar-refractivity contribution is 7.07. The van der Waals surface area contributed by atoms with Crippen molar-refractivity contribution >= 4 is 29.4 Å². The lowest BCUT2D eigenvalue weighted by Crippen LogP contribution is -2.39. The molecule has 1 atom stereocenters. The van der Waals surface area contributed by atoms with Gasteiger partial charge in [0.1, 0.15) is 11.5 Å². The Morgan fingerprint density at radius 1 is 1.03 bits per heavy atom. The number of allylic oxidation sites excluding steroid dienone is 1. The summed E-state index contributed by atoms with van der Waals surface area (Å²) in [6.07, 6.45) is 1.74. The zero-order valence-electron chi connectivity index (χ0n) is 19.0. The number of esters is 2. The molecular formula is C25H22N2O6S. The largest absolute Gasteiger partial charge is 0.497 e. The zero-order valence-corrected chi connectivity index (χ0v) is 19.8. The molecular weight excluding hydrogens is 456 g/mol. The Bertz CT molecular complexity index is 1460. The van der Waals surface area contributed by atoms with Gasteiger partial charge in [-0.15, -0.1) is 0 Å². The van der Waals surface area contributed by atoms with Crippen LogP contribution in [0.15, 0.2) is 69.6 Å². The van der Waals surface area contributed by atoms with Gasteiger partial charge in [-0.05, 0) is 48.4 Å². The molecule has 0 aliphatic carbocycles. The standard InChI is InChI=1S/C25H22N2O6S/c1-14-21(24(30)32-4)22(17-7-11-18(31-3)12-8-17)27-23(29)20(34-25(27)26-14)13-16-5-9-19(10-6-16)33-15(2)28/h5-13,22H,1-4H3/b20-13-/t22-/m0/s1. The third kappa shape index (κ3) is 4.42. The molecule has 4 rings (SSSR count). The van der Waals surface area contributed by atoms with Crippen LogP contribution in [-0.4, -0.2) is 30.7 Å². The average molecular weight is 479 g/mol. The van der Waals surface area contributed by atoms with Gasteiger partial charge in [0.05, 0.1) is 36.1 Å². The van der Waals surface area contributed by atoms with E-state index in [1.54, 1.807) is 56.5 Å². The van der Waals surface area contributed by atoms with Gasteiger partial charge in [-0.3, -0.25) is 14.2 Å². The molecule has 1 aliphatic heterocycles. The van der Waals surface area contributed by atoms with E-state index in [0.717, 1.165) is 11.1 Å². The number of thiazole rings is 1. The summed E-state index contributed by atoms with van der Waals surface area (Å²) in [7, 11) is 2.87. The number of benzene rings is 2. The van der Waals surface area contributed by atoms with E-state index in [2.05, 4.69) is 4.99 Å². The first kappa shape index (κ1) is 23.2. The number of methoxy groups -OCH3 is 2. The topological polar surface area (TPSA) is 96.2 Å². The van der Waals surface area contributed by atoms with Crippen molar-refractivity contribution in [3.05, 3.63) is 90.6 Å². The highest BCUT2D eigenvalue weighted by Gasteiger charge is 2.33. The molecule has 0 saturated heterocycles. The highest BCUT2D eigenvalue weighted by Crippen LogP contribution is 2.31. The highest BCUT2D eigenvalue weighted by atomic mass is 32.1. The molecule has 34 heavy (non-hydrogen) atoms. The molecule has 9 heteroatoms. The summed E-state index contributed by atoms with van der Waals surface area (Å²) < 4.78 is 17.3. The average Bonchev–Trinajstić information content (AvgIpc) is 3.13. The van der Waals surface area contributed by atoms with E-state index in [4.69, 9.17) is 14.2 Å². The molecule has 0 saturated carbocycles. The molecule has 0 fully saturated rings. The summed E-state index contributed by atoms with van der Waals surface area (Å²) in [5.41, 5.74) is 2.01. The van der Waals surface area contributed by atoms with Crippen molar-refractivity contribution in [1.82, 2.24) is 4.57 Å². The van der Waals surface area contributed by atoms with Crippen LogP contribution in [0.2, 0.25) is 0 Å². The van der Waals surface area contributed by atoms with E-state index in [1.165, 1.54) is 29.9 Å². The minimum atomic E-state index is -0.692. The second-order valence-electron chi connectivity index (χ2n) is 7.51. The normalized spacial score (nSPS) is 15.4. The minimum absolute atomic E-state index is 0.275. The third-order valence-corrected chi connectivity index (χ3v) is 6.28. The number of fused-ring (bicyclic) bond motifs is 1. The summed E-state index contributed by atoms with van der Waals surface area (Å²) in [5, 5.41) is 0. The smallest absolute Gasteiger partial charge is 0.338 e. The molecule has 0 amide bonds. The van der Waals surface area contributed by atoms with Gasteiger partial charge in [0.15, 0.2) is 4.80 Å². The van der Waals surface area contributed by atoms with Crippen LogP contribution in [0.25, 0.3) is 6.08 Å². The summed E-state index contributed by atoms with van der Waals surface area (Å²) in [5.74, 6) is 0.131. The van der Waals surface area contributed by atoms with E-state index in [1.807, 2.05) is 12.1 Å². The molecule has 0 unspecified atom stereocenters. The summed E-state index contributed by atoms with van der Waals surface area (Å²) in [6.45, 7) is 3.06. The Balaban J connectivity index is 1.86. The molecule has 1 aliphatic rings. The monoisotopic (exact) mass is 478 g/mol. The summed E-state index contributed by atoms with van der Waals surface area (Å²) >= 11 is 1.23. The van der Waals surface area contributed by atoms with Gasteiger partial charge < -0.3 is 14.2 Å². The Hall–Kier alpha value is -3.98. The molecule has 1 aromatic heterocycles. The van der Waals surface area contributed by atoms with Crippen LogP contribution in [0.1, 0.15) is 31.0 Å². The molecule has 2 heterocycles. The zero-order chi connectivity index (χ0) is 24.4. The molecule has 0 spiro atoms. The van der Waals surface area contributed by atoms with Crippen LogP contribution < -0.4 is 24.4 Å². The first-order valence-electron chi connectivity index (χ1n) is 10.4. The molecule has 174 valence electrons. The maximum absolute atomic E-state index is 13.5. The Morgan fingerprint density at radius 2 is 1.68 bits per heavy atom. The van der Waals surface area contributed by atoms with Crippen LogP contribution in [0.4, 0.5) is 0 Å². The predicted molar refractivity (Wildman–Crippen MR) is 127 cm³/mol. The van der Waals surface area contributed by atoms with Crippen molar-refractivity contribution in [2.45, 2.75) is 19.9 Å². The number of nitrogens with zero attached hydrogens (tertiary/aromatic N) is 2. The van der Waals surface area contributed by atoms with Gasteiger partial charge >= 0.3 is 11.9 Å². The van der Waals surface area contributed by atoms with E-state index in [0.29, 0.717) is 32.1 Å². The van der Waals surface area contributed by atoms with Crippen molar-refractivity contribution in [1.29, 1.82) is 0 Å². The Kier molecular flexibility index (Phi) is 6.47. The number of hydrogen-bond donors (Lipinski definition) is 0. The number of rotatable bonds is 5. The van der Waals surface area contributed by atoms with Gasteiger partial charge in [-0.2, -0.15) is 0 Å². The maximum atomic E-state index is 13.5. The van der Waals surface area contributed by atoms with Crippen LogP contribution in [0.3, 0.4) is 0 Å². The Morgan fingerprint density at radius 3 is 2.26 bits per heavy atom. The summed E-state index contributed by atoms with van der Waals surface area (Å²) in [4.78, 5) is 42.3. The maximum Gasteiger partial charge on any atom is 0.338 e. The third-order valence-electron chi connectivity index (χ3n) is 5.30. The SMILES string of the molecule is COC(=O)C1=C(C)N=c2s/c(=C\c3ccc(OC(C)=O)cc3)c(=O)n2[C@H]1c1ccc(OC)cc1. The van der Waals surface area contributed by atoms with Gasteiger partial charge in [0, 0.05) is 6.92 Å². The second kappa shape index (κ2) is 9.48. The molecule has 0 bridgehead atoms.